The molecule has 0 aliphatic carbocycles. The van der Waals surface area contributed by atoms with Crippen molar-refractivity contribution in [3.05, 3.63) is 97.2 Å². The molecule has 0 fully saturated rings. The fraction of sp³-hybridized carbons (Fsp3) is 0. The molecule has 0 unspecified atom stereocenters. The van der Waals surface area contributed by atoms with E-state index in [-0.39, 0.29) is 21.1 Å². The summed E-state index contributed by atoms with van der Waals surface area (Å²) >= 11 is 3.13. The van der Waals surface area contributed by atoms with Crippen LogP contribution in [0.2, 0.25) is 0 Å². The van der Waals surface area contributed by atoms with Crippen LogP contribution in [0.1, 0.15) is 0 Å². The number of para-hydroxylation sites is 1. The molecule has 0 N–H and O–H groups in total. The quantitative estimate of drug-likeness (QED) is 0.255. The number of aromatic nitrogens is 2. The zero-order chi connectivity index (χ0) is 18.3. The molecule has 0 spiro atoms. The molecule has 6 heteroatoms. The Labute approximate surface area is 187 Å². The number of hydrogen-bond acceptors (Lipinski definition) is 5. The van der Waals surface area contributed by atoms with Gasteiger partial charge < -0.3 is 4.74 Å². The minimum absolute atomic E-state index is 0. The molecule has 4 rings (SSSR count). The van der Waals surface area contributed by atoms with Crippen LogP contribution in [0.3, 0.4) is 0 Å². The maximum absolute atomic E-state index is 5.76. The Bertz CT molecular complexity index is 934. The first-order valence-corrected chi connectivity index (χ1v) is 9.89. The van der Waals surface area contributed by atoms with Crippen molar-refractivity contribution in [3.8, 4) is 11.6 Å². The molecule has 2 heterocycles. The smallest absolute Gasteiger partial charge is 0.466 e. The van der Waals surface area contributed by atoms with Crippen molar-refractivity contribution in [1.82, 2.24) is 9.97 Å². The normalized spacial score (nSPS) is 10.1. The van der Waals surface area contributed by atoms with E-state index in [9.17, 15) is 0 Å². The maximum Gasteiger partial charge on any atom is 2.00 e. The third-order valence-corrected chi connectivity index (χ3v) is 5.20. The number of pyridine rings is 2. The van der Waals surface area contributed by atoms with Gasteiger partial charge >= 0.3 is 21.1 Å². The SMILES string of the molecule is [Pt+2].[c-]1ccccc1Oc1cccc(Sc2[c-]c(Sc3ccccn3)ccc2)n1. The second-order valence-electron chi connectivity index (χ2n) is 5.39. The fourth-order valence-electron chi connectivity index (χ4n) is 2.24. The largest absolute Gasteiger partial charge is 2.00 e. The summed E-state index contributed by atoms with van der Waals surface area (Å²) in [5, 5.41) is 1.79. The van der Waals surface area contributed by atoms with E-state index in [1.165, 1.54) is 0 Å². The molecular weight excluding hydrogens is 567 g/mol. The monoisotopic (exact) mass is 581 g/mol. The molecule has 28 heavy (non-hydrogen) atoms. The minimum atomic E-state index is 0. The number of ether oxygens (including phenoxy) is 1. The molecule has 0 saturated heterocycles. The van der Waals surface area contributed by atoms with Crippen molar-refractivity contribution in [2.75, 3.05) is 0 Å². The average molecular weight is 582 g/mol. The van der Waals surface area contributed by atoms with Crippen molar-refractivity contribution in [1.29, 1.82) is 0 Å². The predicted octanol–water partition coefficient (Wildman–Crippen LogP) is 6.17. The molecule has 0 aliphatic rings. The third-order valence-electron chi connectivity index (χ3n) is 3.40. The first-order chi connectivity index (χ1) is 13.3. The van der Waals surface area contributed by atoms with E-state index >= 15 is 0 Å². The van der Waals surface area contributed by atoms with Crippen LogP contribution < -0.4 is 4.74 Å². The molecule has 0 radical (unpaired) electrons. The van der Waals surface area contributed by atoms with Crippen molar-refractivity contribution in [3.63, 3.8) is 0 Å². The van der Waals surface area contributed by atoms with Gasteiger partial charge in [-0.1, -0.05) is 45.4 Å². The molecule has 2 aromatic carbocycles. The van der Waals surface area contributed by atoms with Gasteiger partial charge in [0.25, 0.3) is 0 Å². The van der Waals surface area contributed by atoms with E-state index in [0.717, 1.165) is 19.8 Å². The molecule has 0 bridgehead atoms. The van der Waals surface area contributed by atoms with E-state index in [0.29, 0.717) is 11.6 Å². The Morgan fingerprint density at radius 3 is 2.25 bits per heavy atom. The molecule has 3 nitrogen and oxygen atoms in total. The van der Waals surface area contributed by atoms with Crippen molar-refractivity contribution < 1.29 is 25.8 Å². The van der Waals surface area contributed by atoms with Gasteiger partial charge in [0.1, 0.15) is 5.03 Å². The van der Waals surface area contributed by atoms with Gasteiger partial charge in [0.2, 0.25) is 5.88 Å². The molecule has 0 aliphatic heterocycles. The van der Waals surface area contributed by atoms with Crippen molar-refractivity contribution in [2.45, 2.75) is 19.8 Å². The van der Waals surface area contributed by atoms with E-state index in [2.05, 4.69) is 22.1 Å². The summed E-state index contributed by atoms with van der Waals surface area (Å²) in [6.45, 7) is 0. The Balaban J connectivity index is 0.00000225. The summed E-state index contributed by atoms with van der Waals surface area (Å²) < 4.78 is 5.76. The predicted molar refractivity (Wildman–Crippen MR) is 107 cm³/mol. The van der Waals surface area contributed by atoms with Gasteiger partial charge in [-0.3, -0.25) is 0 Å². The number of benzene rings is 2. The Kier molecular flexibility index (Phi) is 7.72. The van der Waals surface area contributed by atoms with Crippen LogP contribution in [-0.2, 0) is 21.1 Å². The van der Waals surface area contributed by atoms with Crippen LogP contribution in [0.5, 0.6) is 11.6 Å². The minimum Gasteiger partial charge on any atom is -0.466 e. The van der Waals surface area contributed by atoms with Gasteiger partial charge in [0.15, 0.2) is 0 Å². The van der Waals surface area contributed by atoms with Crippen LogP contribution in [0.15, 0.2) is 105 Å². The Morgan fingerprint density at radius 2 is 1.50 bits per heavy atom. The standard InChI is InChI=1S/C22H14N2OS2.Pt/c1-2-8-17(9-3-1)25-20-12-7-14-22(24-20)27-19-11-6-10-18(16-19)26-21-13-4-5-15-23-21;/h1-8,10-15H;/q-2;+2. The number of rotatable bonds is 6. The Hall–Kier alpha value is -2.07. The number of hydrogen-bond donors (Lipinski definition) is 0. The summed E-state index contributed by atoms with van der Waals surface area (Å²) in [5.74, 6) is 1.19. The topological polar surface area (TPSA) is 35.0 Å². The van der Waals surface area contributed by atoms with Gasteiger partial charge in [-0.15, -0.1) is 12.1 Å². The molecule has 0 amide bonds. The molecule has 140 valence electrons. The fourth-order valence-corrected chi connectivity index (χ4v) is 3.91. The zero-order valence-corrected chi connectivity index (χ0v) is 18.4. The summed E-state index contributed by atoms with van der Waals surface area (Å²) in [4.78, 5) is 10.9. The molecule has 2 aromatic heterocycles. The van der Waals surface area contributed by atoms with E-state index in [1.54, 1.807) is 29.7 Å². The van der Waals surface area contributed by atoms with Gasteiger partial charge in [-0.05, 0) is 18.2 Å². The maximum atomic E-state index is 5.76. The number of nitrogens with zero attached hydrogens (tertiary/aromatic N) is 2. The van der Waals surface area contributed by atoms with E-state index in [1.807, 2.05) is 78.9 Å². The first-order valence-electron chi connectivity index (χ1n) is 8.26. The van der Waals surface area contributed by atoms with Gasteiger partial charge in [-0.2, -0.15) is 42.5 Å². The van der Waals surface area contributed by atoms with Crippen LogP contribution >= 0.6 is 23.5 Å². The van der Waals surface area contributed by atoms with Gasteiger partial charge in [0, 0.05) is 18.0 Å². The average Bonchev–Trinajstić information content (AvgIpc) is 2.70. The zero-order valence-electron chi connectivity index (χ0n) is 14.5. The van der Waals surface area contributed by atoms with E-state index in [4.69, 9.17) is 4.74 Å². The summed E-state index contributed by atoms with van der Waals surface area (Å²) in [7, 11) is 0. The summed E-state index contributed by atoms with van der Waals surface area (Å²) in [6, 6.07) is 31.6. The van der Waals surface area contributed by atoms with E-state index < -0.39 is 0 Å². The first kappa shape index (κ1) is 20.7. The summed E-state index contributed by atoms with van der Waals surface area (Å²) in [5.41, 5.74) is 0. The van der Waals surface area contributed by atoms with Crippen molar-refractivity contribution in [2.24, 2.45) is 0 Å². The van der Waals surface area contributed by atoms with Gasteiger partial charge in [0.05, 0.1) is 5.03 Å². The van der Waals surface area contributed by atoms with Gasteiger partial charge in [-0.25, -0.2) is 9.97 Å². The molecular formula is C22H14N2OPtS2. The van der Waals surface area contributed by atoms with Crippen LogP contribution in [0, 0.1) is 12.1 Å². The summed E-state index contributed by atoms with van der Waals surface area (Å²) in [6.07, 6.45) is 1.79. The second kappa shape index (κ2) is 10.5. The van der Waals surface area contributed by atoms with Crippen LogP contribution in [-0.4, -0.2) is 9.97 Å². The Morgan fingerprint density at radius 1 is 0.750 bits per heavy atom. The molecule has 0 saturated carbocycles. The third kappa shape index (κ3) is 5.96. The van der Waals surface area contributed by atoms with Crippen molar-refractivity contribution >= 4 is 23.5 Å². The van der Waals surface area contributed by atoms with Crippen LogP contribution in [0.4, 0.5) is 0 Å². The van der Waals surface area contributed by atoms with Crippen LogP contribution in [0.25, 0.3) is 0 Å². The molecule has 0 atom stereocenters. The second-order valence-corrected chi connectivity index (χ2v) is 7.52. The molecule has 4 aromatic rings.